The maximum absolute atomic E-state index is 13.1. The Bertz CT molecular complexity index is 1280. The van der Waals surface area contributed by atoms with Gasteiger partial charge in [-0.15, -0.1) is 0 Å². The number of hydrogen-bond acceptors (Lipinski definition) is 4. The first-order valence-electron chi connectivity index (χ1n) is 9.89. The Balaban J connectivity index is 1.54. The molecule has 0 bridgehead atoms. The minimum absolute atomic E-state index is 0.239. The third-order valence-corrected chi connectivity index (χ3v) is 5.65. The van der Waals surface area contributed by atoms with Crippen LogP contribution in [0.25, 0.3) is 22.4 Å². The summed E-state index contributed by atoms with van der Waals surface area (Å²) >= 11 is 6.32. The predicted octanol–water partition coefficient (Wildman–Crippen LogP) is 4.70. The number of nitrogens with one attached hydrogen (secondary N) is 3. The third-order valence-electron chi connectivity index (χ3n) is 5.43. The van der Waals surface area contributed by atoms with Gasteiger partial charge < -0.3 is 15.6 Å². The van der Waals surface area contributed by atoms with Crippen LogP contribution in [-0.2, 0) is 19.5 Å². The topological polar surface area (TPSA) is 82.7 Å². The monoisotopic (exact) mass is 417 g/mol. The van der Waals surface area contributed by atoms with E-state index in [9.17, 15) is 4.79 Å². The first-order valence-corrected chi connectivity index (χ1v) is 10.3. The van der Waals surface area contributed by atoms with Crippen molar-refractivity contribution < 1.29 is 4.79 Å². The number of aryl methyl sites for hydroxylation is 1. The normalized spacial score (nSPS) is 12.9. The van der Waals surface area contributed by atoms with Gasteiger partial charge in [-0.1, -0.05) is 24.6 Å². The second kappa shape index (κ2) is 7.55. The molecule has 2 aromatic heterocycles. The van der Waals surface area contributed by atoms with E-state index in [-0.39, 0.29) is 5.91 Å². The van der Waals surface area contributed by atoms with Crippen LogP contribution in [0.4, 0.5) is 5.69 Å². The van der Waals surface area contributed by atoms with Gasteiger partial charge in [0, 0.05) is 41.8 Å². The summed E-state index contributed by atoms with van der Waals surface area (Å²) in [6.45, 7) is 3.75. The standard InChI is InChI=1S/C23H20ClN5O/c1-2-13-10-25-6-5-18(13)22-28-20-9-16(24)8-19(21(20)29-22)23(30)27-17-4-3-14-11-26-12-15(14)7-17/h3-10,26H,2,11-12H2,1H3,(H,27,30)(H,28,29). The van der Waals surface area contributed by atoms with E-state index in [2.05, 4.69) is 27.5 Å². The van der Waals surface area contributed by atoms with Crippen LogP contribution in [0.2, 0.25) is 5.02 Å². The summed E-state index contributed by atoms with van der Waals surface area (Å²) in [4.78, 5) is 25.3. The van der Waals surface area contributed by atoms with E-state index in [1.165, 1.54) is 11.1 Å². The van der Waals surface area contributed by atoms with Gasteiger partial charge in [0.15, 0.2) is 0 Å². The van der Waals surface area contributed by atoms with Crippen LogP contribution in [-0.4, -0.2) is 20.9 Å². The molecule has 1 aliphatic rings. The van der Waals surface area contributed by atoms with Crippen molar-refractivity contribution in [2.75, 3.05) is 5.32 Å². The number of amides is 1. The Morgan fingerprint density at radius 2 is 2.03 bits per heavy atom. The molecule has 1 aliphatic heterocycles. The highest BCUT2D eigenvalue weighted by molar-refractivity contribution is 6.32. The van der Waals surface area contributed by atoms with Crippen LogP contribution < -0.4 is 10.6 Å². The molecule has 2 aromatic carbocycles. The number of imidazole rings is 1. The predicted molar refractivity (Wildman–Crippen MR) is 119 cm³/mol. The average molecular weight is 418 g/mol. The lowest BCUT2D eigenvalue weighted by molar-refractivity contribution is 0.102. The fraction of sp³-hybridized carbons (Fsp3) is 0.174. The average Bonchev–Trinajstić information content (AvgIpc) is 3.39. The lowest BCUT2D eigenvalue weighted by atomic mass is 10.1. The minimum atomic E-state index is -0.239. The number of anilines is 1. The van der Waals surface area contributed by atoms with Gasteiger partial charge in [-0.3, -0.25) is 9.78 Å². The molecule has 6 nitrogen and oxygen atoms in total. The minimum Gasteiger partial charge on any atom is -0.338 e. The number of carbonyl (C=O) groups excluding carboxylic acids is 1. The SMILES string of the molecule is CCc1cnccc1-c1nc2c(C(=O)Nc3ccc4c(c3)CNC4)cc(Cl)cc2[nH]1. The molecule has 0 saturated heterocycles. The molecule has 0 aliphatic carbocycles. The molecule has 5 rings (SSSR count). The molecule has 30 heavy (non-hydrogen) atoms. The molecule has 0 atom stereocenters. The fourth-order valence-electron chi connectivity index (χ4n) is 3.89. The van der Waals surface area contributed by atoms with Gasteiger partial charge in [0.1, 0.15) is 11.3 Å². The molecule has 0 spiro atoms. The Morgan fingerprint density at radius 3 is 2.90 bits per heavy atom. The molecule has 0 radical (unpaired) electrons. The highest BCUT2D eigenvalue weighted by Gasteiger charge is 2.18. The van der Waals surface area contributed by atoms with E-state index in [1.54, 1.807) is 18.3 Å². The third kappa shape index (κ3) is 3.34. The number of pyridine rings is 1. The zero-order valence-corrected chi connectivity index (χ0v) is 17.2. The number of aromatic nitrogens is 3. The fourth-order valence-corrected chi connectivity index (χ4v) is 4.11. The molecule has 7 heteroatoms. The summed E-state index contributed by atoms with van der Waals surface area (Å²) in [7, 11) is 0. The first-order chi connectivity index (χ1) is 14.6. The Labute approximate surface area is 178 Å². The number of fused-ring (bicyclic) bond motifs is 2. The second-order valence-electron chi connectivity index (χ2n) is 7.36. The summed E-state index contributed by atoms with van der Waals surface area (Å²) < 4.78 is 0. The van der Waals surface area contributed by atoms with E-state index in [0.717, 1.165) is 41.8 Å². The molecule has 150 valence electrons. The molecule has 0 saturated carbocycles. The van der Waals surface area contributed by atoms with Crippen molar-refractivity contribution >= 4 is 34.2 Å². The molecule has 4 aromatic rings. The number of nitrogens with zero attached hydrogens (tertiary/aromatic N) is 2. The number of benzene rings is 2. The van der Waals surface area contributed by atoms with Crippen molar-refractivity contribution in [1.29, 1.82) is 0 Å². The summed E-state index contributed by atoms with van der Waals surface area (Å²) in [5.74, 6) is 0.459. The van der Waals surface area contributed by atoms with E-state index >= 15 is 0 Å². The van der Waals surface area contributed by atoms with Crippen LogP contribution in [0.15, 0.2) is 48.8 Å². The van der Waals surface area contributed by atoms with Gasteiger partial charge in [-0.2, -0.15) is 0 Å². The lowest BCUT2D eigenvalue weighted by Crippen LogP contribution is -2.13. The smallest absolute Gasteiger partial charge is 0.257 e. The van der Waals surface area contributed by atoms with Crippen molar-refractivity contribution in [2.24, 2.45) is 0 Å². The molecule has 3 N–H and O–H groups in total. The highest BCUT2D eigenvalue weighted by atomic mass is 35.5. The quantitative estimate of drug-likeness (QED) is 0.449. The Morgan fingerprint density at radius 1 is 1.17 bits per heavy atom. The van der Waals surface area contributed by atoms with Gasteiger partial charge in [0.05, 0.1) is 11.1 Å². The van der Waals surface area contributed by atoms with Crippen molar-refractivity contribution in [3.63, 3.8) is 0 Å². The largest absolute Gasteiger partial charge is 0.338 e. The molecule has 3 heterocycles. The van der Waals surface area contributed by atoms with Crippen LogP contribution in [0.1, 0.15) is 34.0 Å². The first kappa shape index (κ1) is 18.8. The zero-order valence-electron chi connectivity index (χ0n) is 16.4. The molecule has 1 amide bonds. The van der Waals surface area contributed by atoms with E-state index in [1.807, 2.05) is 30.5 Å². The number of H-pyrrole nitrogens is 1. The zero-order chi connectivity index (χ0) is 20.7. The van der Waals surface area contributed by atoms with E-state index < -0.39 is 0 Å². The lowest BCUT2D eigenvalue weighted by Gasteiger charge is -2.08. The number of halogens is 1. The molecular formula is C23H20ClN5O. The van der Waals surface area contributed by atoms with E-state index in [0.29, 0.717) is 21.9 Å². The van der Waals surface area contributed by atoms with Gasteiger partial charge in [-0.05, 0) is 53.4 Å². The number of rotatable bonds is 4. The number of hydrogen-bond donors (Lipinski definition) is 3. The van der Waals surface area contributed by atoms with Crippen LogP contribution in [0, 0.1) is 0 Å². The van der Waals surface area contributed by atoms with Crippen LogP contribution in [0.5, 0.6) is 0 Å². The van der Waals surface area contributed by atoms with Crippen LogP contribution in [0.3, 0.4) is 0 Å². The Hall–Kier alpha value is -3.22. The summed E-state index contributed by atoms with van der Waals surface area (Å²) in [5, 5.41) is 6.78. The maximum atomic E-state index is 13.1. The molecule has 0 fully saturated rings. The van der Waals surface area contributed by atoms with Crippen molar-refractivity contribution in [2.45, 2.75) is 26.4 Å². The summed E-state index contributed by atoms with van der Waals surface area (Å²) in [5.41, 5.74) is 7.03. The van der Waals surface area contributed by atoms with Gasteiger partial charge in [0.25, 0.3) is 5.91 Å². The van der Waals surface area contributed by atoms with Crippen molar-refractivity contribution in [3.8, 4) is 11.4 Å². The molecular weight excluding hydrogens is 398 g/mol. The maximum Gasteiger partial charge on any atom is 0.257 e. The van der Waals surface area contributed by atoms with Crippen molar-refractivity contribution in [1.82, 2.24) is 20.3 Å². The van der Waals surface area contributed by atoms with Crippen molar-refractivity contribution in [3.05, 3.63) is 76.1 Å². The van der Waals surface area contributed by atoms with Gasteiger partial charge in [0.2, 0.25) is 0 Å². The van der Waals surface area contributed by atoms with Gasteiger partial charge in [-0.25, -0.2) is 4.98 Å². The van der Waals surface area contributed by atoms with Gasteiger partial charge >= 0.3 is 0 Å². The summed E-state index contributed by atoms with van der Waals surface area (Å²) in [6, 6.07) is 11.4. The number of carbonyl (C=O) groups is 1. The second-order valence-corrected chi connectivity index (χ2v) is 7.80. The van der Waals surface area contributed by atoms with Crippen LogP contribution >= 0.6 is 11.6 Å². The highest BCUT2D eigenvalue weighted by Crippen LogP contribution is 2.29. The summed E-state index contributed by atoms with van der Waals surface area (Å²) in [6.07, 6.45) is 4.41. The Kier molecular flexibility index (Phi) is 4.73. The number of aromatic amines is 1. The molecule has 0 unspecified atom stereocenters. The van der Waals surface area contributed by atoms with E-state index in [4.69, 9.17) is 16.6 Å².